The monoisotopic (exact) mass is 390 g/mol. The lowest BCUT2D eigenvalue weighted by atomic mass is 10.2. The third-order valence-electron chi connectivity index (χ3n) is 4.04. The van der Waals surface area contributed by atoms with Crippen LogP contribution in [0.1, 0.15) is 18.1 Å². The second-order valence-corrected chi connectivity index (χ2v) is 6.33. The molecule has 0 fully saturated rings. The van der Waals surface area contributed by atoms with E-state index in [1.807, 2.05) is 30.3 Å². The van der Waals surface area contributed by atoms with Gasteiger partial charge in [-0.25, -0.2) is 5.43 Å². The molecule has 0 heterocycles. The molecule has 148 valence electrons. The number of hydrogen-bond acceptors (Lipinski definition) is 5. The van der Waals surface area contributed by atoms with Crippen LogP contribution in [0.25, 0.3) is 0 Å². The topological polar surface area (TPSA) is 80.2 Å². The molecule has 2 N–H and O–H groups in total. The van der Waals surface area contributed by atoms with Crippen molar-refractivity contribution in [1.82, 2.24) is 5.43 Å². The number of carbonyl (C=O) groups excluding carboxylic acids is 1. The second kappa shape index (κ2) is 9.94. The fourth-order valence-electron chi connectivity index (χ4n) is 2.43. The Bertz CT molecular complexity index is 939. The van der Waals surface area contributed by atoms with E-state index < -0.39 is 6.10 Å². The zero-order valence-corrected chi connectivity index (χ0v) is 16.0. The minimum absolute atomic E-state index is 0.171. The van der Waals surface area contributed by atoms with Gasteiger partial charge in [-0.15, -0.1) is 0 Å². The first kappa shape index (κ1) is 19.9. The number of carbonyl (C=O) groups is 1. The summed E-state index contributed by atoms with van der Waals surface area (Å²) in [6.07, 6.45) is 0.770. The summed E-state index contributed by atoms with van der Waals surface area (Å²) in [5.41, 5.74) is 4.28. The molecule has 1 unspecified atom stereocenters. The van der Waals surface area contributed by atoms with Gasteiger partial charge in [-0.05, 0) is 66.6 Å². The fraction of sp³-hybridized carbons (Fsp3) is 0.130. The van der Waals surface area contributed by atoms with Gasteiger partial charge in [0.05, 0.1) is 6.21 Å². The highest BCUT2D eigenvalue weighted by Crippen LogP contribution is 2.19. The Kier molecular flexibility index (Phi) is 6.84. The molecule has 3 aromatic carbocycles. The molecular weight excluding hydrogens is 368 g/mol. The predicted molar refractivity (Wildman–Crippen MR) is 111 cm³/mol. The Morgan fingerprint density at radius 1 is 1.00 bits per heavy atom. The highest BCUT2D eigenvalue weighted by molar-refractivity contribution is 5.84. The molecule has 6 heteroatoms. The van der Waals surface area contributed by atoms with E-state index in [4.69, 9.17) is 9.47 Å². The maximum absolute atomic E-state index is 12.1. The van der Waals surface area contributed by atoms with Gasteiger partial charge in [-0.3, -0.25) is 4.79 Å². The minimum Gasteiger partial charge on any atom is -0.508 e. The maximum atomic E-state index is 12.1. The standard InChI is InChI=1S/C23H22N2O4/c1-17(23(27)25-24-15-18-7-9-20(26)10-8-18)29-22-13-11-21(12-14-22)28-16-19-5-3-2-4-6-19/h2-15,17,26H,16H2,1H3,(H,25,27). The Balaban J connectivity index is 1.46. The zero-order valence-electron chi connectivity index (χ0n) is 16.0. The van der Waals surface area contributed by atoms with Gasteiger partial charge < -0.3 is 14.6 Å². The molecule has 1 amide bonds. The van der Waals surface area contributed by atoms with Gasteiger partial charge in [-0.1, -0.05) is 30.3 Å². The van der Waals surface area contributed by atoms with Crippen molar-refractivity contribution in [1.29, 1.82) is 0 Å². The van der Waals surface area contributed by atoms with Crippen LogP contribution in [0.3, 0.4) is 0 Å². The first-order chi connectivity index (χ1) is 14.1. The van der Waals surface area contributed by atoms with E-state index in [0.717, 1.165) is 16.9 Å². The van der Waals surface area contributed by atoms with Crippen molar-refractivity contribution in [3.05, 3.63) is 90.0 Å². The summed E-state index contributed by atoms with van der Waals surface area (Å²) in [4.78, 5) is 12.1. The molecule has 0 aliphatic carbocycles. The Morgan fingerprint density at radius 2 is 1.66 bits per heavy atom. The van der Waals surface area contributed by atoms with Crippen molar-refractivity contribution in [3.63, 3.8) is 0 Å². The van der Waals surface area contributed by atoms with E-state index in [0.29, 0.717) is 12.4 Å². The molecule has 0 aromatic heterocycles. The number of nitrogens with zero attached hydrogens (tertiary/aromatic N) is 1. The summed E-state index contributed by atoms with van der Waals surface area (Å²) in [6, 6.07) is 23.5. The number of benzene rings is 3. The smallest absolute Gasteiger partial charge is 0.280 e. The Labute approximate surface area is 169 Å². The molecule has 0 spiro atoms. The summed E-state index contributed by atoms with van der Waals surface area (Å²) in [6.45, 7) is 2.13. The summed E-state index contributed by atoms with van der Waals surface area (Å²) in [5, 5.41) is 13.1. The molecule has 0 aliphatic heterocycles. The molecule has 0 aliphatic rings. The number of nitrogens with one attached hydrogen (secondary N) is 1. The number of phenolic OH excluding ortho intramolecular Hbond substituents is 1. The summed E-state index contributed by atoms with van der Waals surface area (Å²) >= 11 is 0. The van der Waals surface area contributed by atoms with Crippen LogP contribution in [0.4, 0.5) is 0 Å². The predicted octanol–water partition coefficient (Wildman–Crippen LogP) is 3.89. The molecule has 1 atom stereocenters. The number of rotatable bonds is 8. The third kappa shape index (κ3) is 6.39. The molecule has 0 saturated carbocycles. The molecular formula is C23H22N2O4. The van der Waals surface area contributed by atoms with Gasteiger partial charge >= 0.3 is 0 Å². The molecule has 0 bridgehead atoms. The summed E-state index contributed by atoms with van der Waals surface area (Å²) in [5.74, 6) is 1.08. The number of phenols is 1. The van der Waals surface area contributed by atoms with E-state index in [2.05, 4.69) is 10.5 Å². The molecule has 0 radical (unpaired) electrons. The molecule has 6 nitrogen and oxygen atoms in total. The lowest BCUT2D eigenvalue weighted by molar-refractivity contribution is -0.127. The van der Waals surface area contributed by atoms with Gasteiger partial charge in [0.15, 0.2) is 6.10 Å². The Hall–Kier alpha value is -3.80. The van der Waals surface area contributed by atoms with Gasteiger partial charge in [-0.2, -0.15) is 5.10 Å². The van der Waals surface area contributed by atoms with Crippen molar-refractivity contribution in [2.24, 2.45) is 5.10 Å². The van der Waals surface area contributed by atoms with Crippen LogP contribution in [0.2, 0.25) is 0 Å². The van der Waals surface area contributed by atoms with E-state index in [1.54, 1.807) is 55.5 Å². The van der Waals surface area contributed by atoms with Crippen molar-refractivity contribution in [3.8, 4) is 17.2 Å². The minimum atomic E-state index is -0.719. The number of hydrazone groups is 1. The van der Waals surface area contributed by atoms with Crippen molar-refractivity contribution < 1.29 is 19.4 Å². The molecule has 29 heavy (non-hydrogen) atoms. The van der Waals surface area contributed by atoms with Crippen LogP contribution in [0.5, 0.6) is 17.2 Å². The van der Waals surface area contributed by atoms with E-state index in [9.17, 15) is 9.90 Å². The van der Waals surface area contributed by atoms with Crippen molar-refractivity contribution in [2.75, 3.05) is 0 Å². The number of amides is 1. The van der Waals surface area contributed by atoms with Gasteiger partial charge in [0.25, 0.3) is 5.91 Å². The number of ether oxygens (including phenoxy) is 2. The van der Waals surface area contributed by atoms with Crippen molar-refractivity contribution in [2.45, 2.75) is 19.6 Å². The average Bonchev–Trinajstić information content (AvgIpc) is 2.75. The van der Waals surface area contributed by atoms with E-state index in [1.165, 1.54) is 6.21 Å². The molecule has 0 saturated heterocycles. The fourth-order valence-corrected chi connectivity index (χ4v) is 2.43. The molecule has 3 aromatic rings. The maximum Gasteiger partial charge on any atom is 0.280 e. The first-order valence-corrected chi connectivity index (χ1v) is 9.15. The van der Waals surface area contributed by atoms with E-state index in [-0.39, 0.29) is 11.7 Å². The van der Waals surface area contributed by atoms with Gasteiger partial charge in [0, 0.05) is 0 Å². The van der Waals surface area contributed by atoms with Crippen LogP contribution in [-0.2, 0) is 11.4 Å². The number of hydrogen-bond donors (Lipinski definition) is 2. The van der Waals surface area contributed by atoms with Crippen molar-refractivity contribution >= 4 is 12.1 Å². The zero-order chi connectivity index (χ0) is 20.5. The van der Waals surface area contributed by atoms with Gasteiger partial charge in [0.2, 0.25) is 0 Å². The Morgan fingerprint density at radius 3 is 2.34 bits per heavy atom. The summed E-state index contributed by atoms with van der Waals surface area (Å²) in [7, 11) is 0. The van der Waals surface area contributed by atoms with Crippen LogP contribution < -0.4 is 14.9 Å². The highest BCUT2D eigenvalue weighted by atomic mass is 16.5. The molecule has 3 rings (SSSR count). The normalized spacial score (nSPS) is 11.8. The SMILES string of the molecule is CC(Oc1ccc(OCc2ccccc2)cc1)C(=O)NN=Cc1ccc(O)cc1. The lowest BCUT2D eigenvalue weighted by Crippen LogP contribution is -2.33. The van der Waals surface area contributed by atoms with E-state index >= 15 is 0 Å². The van der Waals surface area contributed by atoms with Crippen LogP contribution in [0.15, 0.2) is 84.0 Å². The van der Waals surface area contributed by atoms with Crippen LogP contribution >= 0.6 is 0 Å². The lowest BCUT2D eigenvalue weighted by Gasteiger charge is -2.13. The summed E-state index contributed by atoms with van der Waals surface area (Å²) < 4.78 is 11.4. The largest absolute Gasteiger partial charge is 0.508 e. The van der Waals surface area contributed by atoms with Crippen LogP contribution in [0, 0.1) is 0 Å². The average molecular weight is 390 g/mol. The highest BCUT2D eigenvalue weighted by Gasteiger charge is 2.13. The quantitative estimate of drug-likeness (QED) is 0.452. The van der Waals surface area contributed by atoms with Crippen LogP contribution in [-0.4, -0.2) is 23.3 Å². The van der Waals surface area contributed by atoms with Gasteiger partial charge in [0.1, 0.15) is 23.9 Å². The number of aromatic hydroxyl groups is 1. The first-order valence-electron chi connectivity index (χ1n) is 9.15. The second-order valence-electron chi connectivity index (χ2n) is 6.33. The third-order valence-corrected chi connectivity index (χ3v) is 4.04.